The van der Waals surface area contributed by atoms with Crippen molar-refractivity contribution in [3.05, 3.63) is 44.7 Å². The summed E-state index contributed by atoms with van der Waals surface area (Å²) in [5, 5.41) is 9.22. The molecule has 0 spiro atoms. The van der Waals surface area contributed by atoms with Gasteiger partial charge in [-0.2, -0.15) is 0 Å². The number of carbonyl (C=O) groups excluding carboxylic acids is 1. The van der Waals surface area contributed by atoms with Gasteiger partial charge in [0.15, 0.2) is 10.6 Å². The van der Waals surface area contributed by atoms with Crippen LogP contribution in [-0.4, -0.2) is 22.1 Å². The van der Waals surface area contributed by atoms with Crippen molar-refractivity contribution in [3.8, 4) is 0 Å². The summed E-state index contributed by atoms with van der Waals surface area (Å²) in [4.78, 5) is 17.8. The average molecular weight is 304 g/mol. The molecule has 0 aliphatic heterocycles. The first-order valence-electron chi connectivity index (χ1n) is 6.88. The van der Waals surface area contributed by atoms with Gasteiger partial charge in [0.1, 0.15) is 0 Å². The molecule has 1 aromatic carbocycles. The summed E-state index contributed by atoms with van der Waals surface area (Å²) < 4.78 is 1.90. The summed E-state index contributed by atoms with van der Waals surface area (Å²) in [7, 11) is 0. The first kappa shape index (κ1) is 15.7. The van der Waals surface area contributed by atoms with Crippen LogP contribution in [0.1, 0.15) is 33.4 Å². The van der Waals surface area contributed by atoms with Crippen LogP contribution in [0.4, 0.5) is 5.69 Å². The zero-order valence-corrected chi connectivity index (χ0v) is 13.6. The summed E-state index contributed by atoms with van der Waals surface area (Å²) in [6.45, 7) is 8.03. The molecule has 0 aliphatic rings. The Hall–Kier alpha value is -1.72. The fraction of sp³-hybridized carbons (Fsp3) is 0.375. The molecule has 21 heavy (non-hydrogen) atoms. The molecule has 1 N–H and O–H groups in total. The van der Waals surface area contributed by atoms with Crippen LogP contribution < -0.4 is 4.80 Å². The lowest BCUT2D eigenvalue weighted by Gasteiger charge is -2.04. The molecule has 0 saturated heterocycles. The molecule has 0 amide bonds. The second kappa shape index (κ2) is 6.37. The number of benzene rings is 1. The van der Waals surface area contributed by atoms with Gasteiger partial charge in [-0.15, -0.1) is 0 Å². The van der Waals surface area contributed by atoms with Gasteiger partial charge in [0.05, 0.1) is 17.2 Å². The lowest BCUT2D eigenvalue weighted by Crippen LogP contribution is -2.18. The quantitative estimate of drug-likeness (QED) is 0.883. The Morgan fingerprint density at radius 1 is 1.29 bits per heavy atom. The number of ketones is 1. The average Bonchev–Trinajstić information content (AvgIpc) is 2.72. The number of thiazole rings is 1. The Bertz CT molecular complexity index is 741. The number of hydrogen-bond donors (Lipinski definition) is 1. The maximum absolute atomic E-state index is 11.7. The fourth-order valence-electron chi connectivity index (χ4n) is 2.17. The predicted octanol–water partition coefficient (Wildman–Crippen LogP) is 2.90. The van der Waals surface area contributed by atoms with Crippen molar-refractivity contribution < 1.29 is 9.90 Å². The molecule has 0 atom stereocenters. The third-order valence-corrected chi connectivity index (χ3v) is 4.80. The number of aliphatic hydroxyl groups is 1. The van der Waals surface area contributed by atoms with Gasteiger partial charge in [-0.05, 0) is 44.0 Å². The van der Waals surface area contributed by atoms with Crippen molar-refractivity contribution in [1.29, 1.82) is 0 Å². The van der Waals surface area contributed by atoms with Gasteiger partial charge in [-0.25, -0.2) is 4.99 Å². The minimum Gasteiger partial charge on any atom is -0.395 e. The van der Waals surface area contributed by atoms with Crippen LogP contribution in [0.3, 0.4) is 0 Å². The summed E-state index contributed by atoms with van der Waals surface area (Å²) >= 11 is 1.37. The Kier molecular flexibility index (Phi) is 4.75. The maximum Gasteiger partial charge on any atom is 0.190 e. The molecule has 0 bridgehead atoms. The molecule has 0 aliphatic carbocycles. The highest BCUT2D eigenvalue weighted by Gasteiger charge is 2.13. The highest BCUT2D eigenvalue weighted by Crippen LogP contribution is 2.18. The Morgan fingerprint density at radius 2 is 2.00 bits per heavy atom. The van der Waals surface area contributed by atoms with Crippen molar-refractivity contribution in [1.82, 2.24) is 4.57 Å². The van der Waals surface area contributed by atoms with Gasteiger partial charge in [0, 0.05) is 19.2 Å². The second-order valence-corrected chi connectivity index (χ2v) is 6.09. The second-order valence-electron chi connectivity index (χ2n) is 5.11. The maximum atomic E-state index is 11.7. The zero-order valence-electron chi connectivity index (χ0n) is 12.8. The lowest BCUT2D eigenvalue weighted by molar-refractivity contribution is 0.102. The van der Waals surface area contributed by atoms with E-state index in [4.69, 9.17) is 0 Å². The predicted molar refractivity (Wildman–Crippen MR) is 85.3 cm³/mol. The van der Waals surface area contributed by atoms with Gasteiger partial charge in [-0.1, -0.05) is 17.4 Å². The van der Waals surface area contributed by atoms with Gasteiger partial charge in [0.2, 0.25) is 0 Å². The van der Waals surface area contributed by atoms with Crippen LogP contribution in [0.5, 0.6) is 0 Å². The number of aryl methyl sites for hydroxylation is 2. The van der Waals surface area contributed by atoms with Crippen molar-refractivity contribution in [2.24, 2.45) is 4.99 Å². The molecule has 0 unspecified atom stereocenters. The molecular weight excluding hydrogens is 284 g/mol. The van der Waals surface area contributed by atoms with E-state index >= 15 is 0 Å². The van der Waals surface area contributed by atoms with Crippen LogP contribution in [-0.2, 0) is 6.54 Å². The number of carbonyl (C=O) groups is 1. The number of aromatic nitrogens is 1. The van der Waals surface area contributed by atoms with Gasteiger partial charge < -0.3 is 9.67 Å². The Morgan fingerprint density at radius 3 is 2.57 bits per heavy atom. The molecule has 2 aromatic rings. The highest BCUT2D eigenvalue weighted by molar-refractivity contribution is 7.11. The lowest BCUT2D eigenvalue weighted by atomic mass is 10.1. The molecule has 4 nitrogen and oxygen atoms in total. The molecule has 0 saturated carbocycles. The van der Waals surface area contributed by atoms with Crippen molar-refractivity contribution >= 4 is 22.8 Å². The number of aliphatic hydroxyl groups excluding tert-OH is 1. The SMILES string of the molecule is CC(=O)c1s/c(=N\c2ccc(C)c(C)c2)n(CCO)c1C. The third kappa shape index (κ3) is 3.31. The van der Waals surface area contributed by atoms with Crippen LogP contribution in [0, 0.1) is 20.8 Å². The van der Waals surface area contributed by atoms with Crippen molar-refractivity contribution in [2.45, 2.75) is 34.2 Å². The molecule has 2 rings (SSSR count). The minimum absolute atomic E-state index is 0.0228. The molecule has 1 aromatic heterocycles. The summed E-state index contributed by atoms with van der Waals surface area (Å²) in [6, 6.07) is 6.03. The Labute approximate surface area is 128 Å². The van der Waals surface area contributed by atoms with Crippen molar-refractivity contribution in [3.63, 3.8) is 0 Å². The molecule has 0 fully saturated rings. The van der Waals surface area contributed by atoms with Gasteiger partial charge in [0.25, 0.3) is 0 Å². The number of rotatable bonds is 4. The topological polar surface area (TPSA) is 54.6 Å². The van der Waals surface area contributed by atoms with E-state index in [0.717, 1.165) is 16.2 Å². The number of Topliss-reactive ketones (excluding diaryl/α,β-unsaturated/α-hetero) is 1. The molecule has 5 heteroatoms. The van der Waals surface area contributed by atoms with E-state index in [9.17, 15) is 9.90 Å². The van der Waals surface area contributed by atoms with Crippen LogP contribution >= 0.6 is 11.3 Å². The minimum atomic E-state index is 0.0228. The fourth-order valence-corrected chi connectivity index (χ4v) is 3.24. The summed E-state index contributed by atoms with van der Waals surface area (Å²) in [5.74, 6) is 0.0331. The molecule has 112 valence electrons. The zero-order chi connectivity index (χ0) is 15.6. The number of hydrogen-bond acceptors (Lipinski definition) is 4. The van der Waals surface area contributed by atoms with Crippen LogP contribution in [0.15, 0.2) is 23.2 Å². The van der Waals surface area contributed by atoms with E-state index in [1.165, 1.54) is 22.5 Å². The van der Waals surface area contributed by atoms with E-state index in [1.807, 2.05) is 29.7 Å². The monoisotopic (exact) mass is 304 g/mol. The smallest absolute Gasteiger partial charge is 0.190 e. The largest absolute Gasteiger partial charge is 0.395 e. The molecule has 1 heterocycles. The van der Waals surface area contributed by atoms with Crippen molar-refractivity contribution in [2.75, 3.05) is 6.61 Å². The number of nitrogens with zero attached hydrogens (tertiary/aromatic N) is 2. The van der Waals surface area contributed by atoms with Gasteiger partial charge in [-0.3, -0.25) is 4.79 Å². The third-order valence-electron chi connectivity index (χ3n) is 3.52. The highest BCUT2D eigenvalue weighted by atomic mass is 32.1. The van der Waals surface area contributed by atoms with E-state index in [-0.39, 0.29) is 12.4 Å². The van der Waals surface area contributed by atoms with E-state index in [2.05, 4.69) is 18.8 Å². The summed E-state index contributed by atoms with van der Waals surface area (Å²) in [5.41, 5.74) is 4.14. The molecular formula is C16H20N2O2S. The van der Waals surface area contributed by atoms with E-state index < -0.39 is 0 Å². The Balaban J connectivity index is 2.60. The molecule has 0 radical (unpaired) electrons. The standard InChI is InChI=1S/C16H20N2O2S/c1-10-5-6-14(9-11(10)2)17-16-18(7-8-19)12(3)15(21-16)13(4)20/h5-6,9,19H,7-8H2,1-4H3/b17-16-. The van der Waals surface area contributed by atoms with Gasteiger partial charge >= 0.3 is 0 Å². The van der Waals surface area contributed by atoms with E-state index in [0.29, 0.717) is 11.4 Å². The van der Waals surface area contributed by atoms with Crippen LogP contribution in [0.2, 0.25) is 0 Å². The summed E-state index contributed by atoms with van der Waals surface area (Å²) in [6.07, 6.45) is 0. The first-order valence-corrected chi connectivity index (χ1v) is 7.69. The normalized spacial score (nSPS) is 12.0. The van der Waals surface area contributed by atoms with E-state index in [1.54, 1.807) is 6.92 Å². The first-order chi connectivity index (χ1) is 9.93. The van der Waals surface area contributed by atoms with Crippen LogP contribution in [0.25, 0.3) is 0 Å².